The molecule has 0 saturated heterocycles. The van der Waals surface area contributed by atoms with Gasteiger partial charge in [-0.25, -0.2) is 0 Å². The highest BCUT2D eigenvalue weighted by Gasteiger charge is 2.21. The first-order valence-electron chi connectivity index (χ1n) is 7.42. The number of allylic oxidation sites excluding steroid dienone is 2. The molecule has 2 rings (SSSR count). The van der Waals surface area contributed by atoms with Gasteiger partial charge in [0, 0.05) is 0 Å². The molecule has 1 heteroatoms. The van der Waals surface area contributed by atoms with E-state index in [9.17, 15) is 0 Å². The van der Waals surface area contributed by atoms with Gasteiger partial charge in [-0.05, 0) is 19.3 Å². The molecule has 0 atom stereocenters. The molecule has 0 aromatic heterocycles. The molecule has 0 bridgehead atoms. The third-order valence-electron chi connectivity index (χ3n) is 4.10. The molecule has 98 valence electrons. The monoisotopic (exact) mass is 258 g/mol. The van der Waals surface area contributed by atoms with Crippen molar-refractivity contribution < 1.29 is 0 Å². The molecular formula is C17H26Si. The van der Waals surface area contributed by atoms with Crippen molar-refractivity contribution >= 4 is 13.3 Å². The second-order valence-corrected chi connectivity index (χ2v) is 11.1. The molecule has 1 aliphatic carbocycles. The van der Waals surface area contributed by atoms with Gasteiger partial charge in [-0.1, -0.05) is 85.6 Å². The normalized spacial score (nSPS) is 14.4. The van der Waals surface area contributed by atoms with E-state index in [1.807, 2.05) is 0 Å². The average molecular weight is 258 g/mol. The Bertz CT molecular complexity index is 389. The third kappa shape index (κ3) is 4.45. The molecule has 0 aliphatic heterocycles. The molecule has 0 fully saturated rings. The second kappa shape index (κ2) is 6.37. The van der Waals surface area contributed by atoms with E-state index in [0.717, 1.165) is 0 Å². The molecule has 0 amide bonds. The van der Waals surface area contributed by atoms with Gasteiger partial charge in [0.05, 0.1) is 8.07 Å². The fraction of sp³-hybridized carbons (Fsp3) is 0.529. The summed E-state index contributed by atoms with van der Waals surface area (Å²) >= 11 is 0. The Morgan fingerprint density at radius 1 is 0.944 bits per heavy atom. The van der Waals surface area contributed by atoms with Gasteiger partial charge in [0.25, 0.3) is 0 Å². The van der Waals surface area contributed by atoms with E-state index in [-0.39, 0.29) is 0 Å². The lowest BCUT2D eigenvalue weighted by molar-refractivity contribution is 0.665. The van der Waals surface area contributed by atoms with Crippen LogP contribution in [-0.2, 0) is 0 Å². The predicted octanol–water partition coefficient (Wildman–Crippen LogP) is 4.88. The first-order chi connectivity index (χ1) is 8.68. The zero-order chi connectivity index (χ0) is 12.8. The number of unbranched alkanes of at least 4 members (excludes halogenated alkanes) is 3. The van der Waals surface area contributed by atoms with Crippen LogP contribution in [0.3, 0.4) is 0 Å². The Kier molecular flexibility index (Phi) is 4.82. The van der Waals surface area contributed by atoms with Crippen molar-refractivity contribution in [2.24, 2.45) is 0 Å². The van der Waals surface area contributed by atoms with Gasteiger partial charge in [0.2, 0.25) is 0 Å². The maximum Gasteiger partial charge on any atom is 0.0806 e. The number of rotatable bonds is 8. The van der Waals surface area contributed by atoms with E-state index in [4.69, 9.17) is 0 Å². The highest BCUT2D eigenvalue weighted by Crippen LogP contribution is 2.25. The van der Waals surface area contributed by atoms with Crippen molar-refractivity contribution in [2.75, 3.05) is 0 Å². The minimum absolute atomic E-state index is 1.16. The number of benzene rings is 1. The molecule has 0 nitrogen and oxygen atoms in total. The van der Waals surface area contributed by atoms with Crippen molar-refractivity contribution in [3.8, 4) is 0 Å². The van der Waals surface area contributed by atoms with Crippen molar-refractivity contribution in [1.29, 1.82) is 0 Å². The summed E-state index contributed by atoms with van der Waals surface area (Å²) in [7, 11) is -1.16. The second-order valence-electron chi connectivity index (χ2n) is 6.23. The summed E-state index contributed by atoms with van der Waals surface area (Å²) < 4.78 is 0. The van der Waals surface area contributed by atoms with E-state index in [2.05, 4.69) is 49.5 Å². The smallest absolute Gasteiger partial charge is 0.0806 e. The van der Waals surface area contributed by atoms with Gasteiger partial charge < -0.3 is 0 Å². The topological polar surface area (TPSA) is 0 Å². The average Bonchev–Trinajstić information content (AvgIpc) is 3.19. The molecule has 18 heavy (non-hydrogen) atoms. The summed E-state index contributed by atoms with van der Waals surface area (Å²) in [6, 6.07) is 12.6. The minimum atomic E-state index is -1.16. The molecular weight excluding hydrogens is 232 g/mol. The van der Waals surface area contributed by atoms with E-state index in [1.54, 1.807) is 10.8 Å². The van der Waals surface area contributed by atoms with Gasteiger partial charge in [0.1, 0.15) is 0 Å². The fourth-order valence-electron chi connectivity index (χ4n) is 2.58. The van der Waals surface area contributed by atoms with E-state index in [0.29, 0.717) is 0 Å². The molecule has 1 aliphatic rings. The van der Waals surface area contributed by atoms with Crippen molar-refractivity contribution in [3.05, 3.63) is 42.0 Å². The Balaban J connectivity index is 1.63. The van der Waals surface area contributed by atoms with E-state index in [1.165, 1.54) is 44.6 Å². The molecule has 0 radical (unpaired) electrons. The van der Waals surface area contributed by atoms with Crippen LogP contribution in [0.4, 0.5) is 0 Å². The van der Waals surface area contributed by atoms with Crippen LogP contribution in [0.1, 0.15) is 38.5 Å². The predicted molar refractivity (Wildman–Crippen MR) is 84.2 cm³/mol. The maximum absolute atomic E-state index is 2.51. The lowest BCUT2D eigenvalue weighted by atomic mass is 10.1. The highest BCUT2D eigenvalue weighted by molar-refractivity contribution is 6.89. The molecule has 0 N–H and O–H groups in total. The quantitative estimate of drug-likeness (QED) is 0.354. The van der Waals surface area contributed by atoms with Crippen LogP contribution in [0, 0.1) is 0 Å². The molecule has 0 heterocycles. The first kappa shape index (κ1) is 13.6. The fourth-order valence-corrected chi connectivity index (χ4v) is 5.10. The van der Waals surface area contributed by atoms with Crippen LogP contribution in [0.2, 0.25) is 19.1 Å². The molecule has 0 saturated carbocycles. The van der Waals surface area contributed by atoms with Crippen LogP contribution in [0.25, 0.3) is 0 Å². The van der Waals surface area contributed by atoms with Crippen LogP contribution >= 0.6 is 0 Å². The lowest BCUT2D eigenvalue weighted by Gasteiger charge is -2.22. The van der Waals surface area contributed by atoms with Gasteiger partial charge in [-0.2, -0.15) is 0 Å². The molecule has 0 spiro atoms. The first-order valence-corrected chi connectivity index (χ1v) is 10.6. The summed E-state index contributed by atoms with van der Waals surface area (Å²) in [5, 5.41) is 1.62. The Morgan fingerprint density at radius 2 is 1.61 bits per heavy atom. The summed E-state index contributed by atoms with van der Waals surface area (Å²) in [6.07, 6.45) is 10.7. The molecule has 0 unspecified atom stereocenters. The molecule has 1 aromatic carbocycles. The van der Waals surface area contributed by atoms with Crippen molar-refractivity contribution in [2.45, 2.75) is 57.7 Å². The van der Waals surface area contributed by atoms with Crippen LogP contribution in [-0.4, -0.2) is 8.07 Å². The Morgan fingerprint density at radius 3 is 2.28 bits per heavy atom. The minimum Gasteiger partial charge on any atom is -0.0810 e. The summed E-state index contributed by atoms with van der Waals surface area (Å²) in [5.41, 5.74) is 1.70. The standard InChI is InChI=1S/C17H26Si/c1-18(2,17-11-7-5-8-12-17)15-9-4-3-6-10-16-13-14-16/h5,7-8,11-13H,3-4,6,9-10,14-15H2,1-2H3. The molecule has 1 aromatic rings. The van der Waals surface area contributed by atoms with Crippen LogP contribution in [0.5, 0.6) is 0 Å². The largest absolute Gasteiger partial charge is 0.0810 e. The Labute approximate surface area is 113 Å². The SMILES string of the molecule is C[Si](C)(CCCCCCC1=CC1)c1ccccc1. The van der Waals surface area contributed by atoms with Crippen LogP contribution in [0.15, 0.2) is 42.0 Å². The lowest BCUT2D eigenvalue weighted by Crippen LogP contribution is -2.40. The van der Waals surface area contributed by atoms with Crippen molar-refractivity contribution in [3.63, 3.8) is 0 Å². The van der Waals surface area contributed by atoms with Crippen molar-refractivity contribution in [1.82, 2.24) is 0 Å². The third-order valence-corrected chi connectivity index (χ3v) is 7.60. The zero-order valence-electron chi connectivity index (χ0n) is 11.9. The van der Waals surface area contributed by atoms with Gasteiger partial charge >= 0.3 is 0 Å². The van der Waals surface area contributed by atoms with E-state index < -0.39 is 8.07 Å². The zero-order valence-corrected chi connectivity index (χ0v) is 12.9. The summed E-state index contributed by atoms with van der Waals surface area (Å²) in [6.45, 7) is 5.02. The number of hydrogen-bond donors (Lipinski definition) is 0. The van der Waals surface area contributed by atoms with E-state index >= 15 is 0 Å². The Hall–Kier alpha value is -0.823. The summed E-state index contributed by atoms with van der Waals surface area (Å²) in [5.74, 6) is 0. The maximum atomic E-state index is 2.51. The van der Waals surface area contributed by atoms with Gasteiger partial charge in [0.15, 0.2) is 0 Å². The highest BCUT2D eigenvalue weighted by atomic mass is 28.3. The summed E-state index contributed by atoms with van der Waals surface area (Å²) in [4.78, 5) is 0. The van der Waals surface area contributed by atoms with Crippen LogP contribution < -0.4 is 5.19 Å². The van der Waals surface area contributed by atoms with Gasteiger partial charge in [-0.3, -0.25) is 0 Å². The number of hydrogen-bond acceptors (Lipinski definition) is 0. The van der Waals surface area contributed by atoms with Gasteiger partial charge in [-0.15, -0.1) is 0 Å².